The molecule has 0 aliphatic rings. The smallest absolute Gasteiger partial charge is 0.231 e. The third kappa shape index (κ3) is 2.79. The van der Waals surface area contributed by atoms with Crippen LogP contribution in [0.3, 0.4) is 0 Å². The predicted molar refractivity (Wildman–Crippen MR) is 76.7 cm³/mol. The maximum Gasteiger partial charge on any atom is 0.231 e. The zero-order valence-corrected chi connectivity index (χ0v) is 11.0. The van der Waals surface area contributed by atoms with Gasteiger partial charge in [0.2, 0.25) is 11.7 Å². The minimum absolute atomic E-state index is 0.192. The molecule has 0 radical (unpaired) electrons. The molecule has 0 aliphatic heterocycles. The van der Waals surface area contributed by atoms with E-state index in [0.29, 0.717) is 29.4 Å². The average molecular weight is 283 g/mol. The number of phenolic OH excluding ortho intramolecular Hbond substituents is 2. The fraction of sp³-hybridized carbons (Fsp3) is 0.0667. The molecule has 0 saturated carbocycles. The molecule has 4 N–H and O–H groups in total. The topological polar surface area (TPSA) is 105 Å². The van der Waals surface area contributed by atoms with E-state index in [2.05, 4.69) is 10.1 Å². The van der Waals surface area contributed by atoms with E-state index in [4.69, 9.17) is 10.3 Å². The Labute approximate surface area is 120 Å². The Morgan fingerprint density at radius 2 is 1.90 bits per heavy atom. The molecule has 0 bridgehead atoms. The van der Waals surface area contributed by atoms with Crippen LogP contribution < -0.4 is 5.73 Å². The van der Waals surface area contributed by atoms with Crippen molar-refractivity contribution in [1.82, 2.24) is 10.1 Å². The van der Waals surface area contributed by atoms with Gasteiger partial charge in [-0.2, -0.15) is 4.98 Å². The zero-order valence-electron chi connectivity index (χ0n) is 11.0. The van der Waals surface area contributed by atoms with E-state index in [-0.39, 0.29) is 11.5 Å². The minimum atomic E-state index is -0.227. The van der Waals surface area contributed by atoms with Gasteiger partial charge < -0.3 is 20.5 Å². The predicted octanol–water partition coefficient (Wildman–Crippen LogP) is 2.32. The van der Waals surface area contributed by atoms with E-state index in [1.807, 2.05) is 24.3 Å². The standard InChI is InChI=1S/C15H13N3O3/c16-11-3-1-2-9(6-11)7-14-17-15(18-21-14)10-4-5-12(19)13(20)8-10/h1-6,8,19-20H,7,16H2. The lowest BCUT2D eigenvalue weighted by Crippen LogP contribution is -1.91. The van der Waals surface area contributed by atoms with Crippen molar-refractivity contribution >= 4 is 5.69 Å². The fourth-order valence-electron chi connectivity index (χ4n) is 1.98. The number of aromatic hydroxyl groups is 2. The van der Waals surface area contributed by atoms with Gasteiger partial charge in [-0.25, -0.2) is 0 Å². The summed E-state index contributed by atoms with van der Waals surface area (Å²) in [7, 11) is 0. The summed E-state index contributed by atoms with van der Waals surface area (Å²) in [5.41, 5.74) is 7.93. The van der Waals surface area contributed by atoms with Crippen LogP contribution in [0.15, 0.2) is 47.0 Å². The number of nitrogens with two attached hydrogens (primary N) is 1. The highest BCUT2D eigenvalue weighted by Gasteiger charge is 2.11. The van der Waals surface area contributed by atoms with Gasteiger partial charge in [0.15, 0.2) is 11.5 Å². The molecule has 0 aliphatic carbocycles. The van der Waals surface area contributed by atoms with Crippen molar-refractivity contribution in [1.29, 1.82) is 0 Å². The summed E-state index contributed by atoms with van der Waals surface area (Å²) in [4.78, 5) is 4.26. The molecule has 6 heteroatoms. The van der Waals surface area contributed by atoms with Crippen molar-refractivity contribution in [3.63, 3.8) is 0 Å². The Bertz CT molecular complexity index is 783. The SMILES string of the molecule is Nc1cccc(Cc2nc(-c3ccc(O)c(O)c3)no2)c1. The van der Waals surface area contributed by atoms with E-state index in [9.17, 15) is 10.2 Å². The van der Waals surface area contributed by atoms with Gasteiger partial charge in [-0.3, -0.25) is 0 Å². The van der Waals surface area contributed by atoms with Crippen molar-refractivity contribution in [2.75, 3.05) is 5.73 Å². The highest BCUT2D eigenvalue weighted by atomic mass is 16.5. The molecule has 0 spiro atoms. The van der Waals surface area contributed by atoms with Crippen LogP contribution in [0.4, 0.5) is 5.69 Å². The monoisotopic (exact) mass is 283 g/mol. The lowest BCUT2D eigenvalue weighted by molar-refractivity contribution is 0.385. The highest BCUT2D eigenvalue weighted by Crippen LogP contribution is 2.29. The molecule has 0 fully saturated rings. The van der Waals surface area contributed by atoms with Gasteiger partial charge in [-0.15, -0.1) is 0 Å². The van der Waals surface area contributed by atoms with Crippen LogP contribution in [0.5, 0.6) is 11.5 Å². The molecule has 0 unspecified atom stereocenters. The van der Waals surface area contributed by atoms with Crippen molar-refractivity contribution in [3.05, 3.63) is 53.9 Å². The van der Waals surface area contributed by atoms with Crippen molar-refractivity contribution < 1.29 is 14.7 Å². The number of aromatic nitrogens is 2. The van der Waals surface area contributed by atoms with Gasteiger partial charge in [0.05, 0.1) is 6.42 Å². The van der Waals surface area contributed by atoms with E-state index >= 15 is 0 Å². The largest absolute Gasteiger partial charge is 0.504 e. The zero-order chi connectivity index (χ0) is 14.8. The van der Waals surface area contributed by atoms with Crippen LogP contribution in [0.2, 0.25) is 0 Å². The molecule has 0 atom stereocenters. The van der Waals surface area contributed by atoms with Gasteiger partial charge >= 0.3 is 0 Å². The third-order valence-corrected chi connectivity index (χ3v) is 3.01. The second-order valence-corrected chi connectivity index (χ2v) is 4.64. The molecular weight excluding hydrogens is 270 g/mol. The van der Waals surface area contributed by atoms with Crippen LogP contribution in [0.1, 0.15) is 11.5 Å². The molecule has 1 heterocycles. The first-order chi connectivity index (χ1) is 10.1. The third-order valence-electron chi connectivity index (χ3n) is 3.01. The average Bonchev–Trinajstić information content (AvgIpc) is 2.90. The second kappa shape index (κ2) is 5.16. The lowest BCUT2D eigenvalue weighted by atomic mass is 10.1. The van der Waals surface area contributed by atoms with E-state index in [1.165, 1.54) is 12.1 Å². The van der Waals surface area contributed by atoms with Crippen LogP contribution >= 0.6 is 0 Å². The van der Waals surface area contributed by atoms with E-state index in [1.54, 1.807) is 6.07 Å². The van der Waals surface area contributed by atoms with Gasteiger partial charge in [-0.1, -0.05) is 17.3 Å². The molecule has 2 aromatic carbocycles. The van der Waals surface area contributed by atoms with Crippen molar-refractivity contribution in [2.24, 2.45) is 0 Å². The van der Waals surface area contributed by atoms with E-state index in [0.717, 1.165) is 5.56 Å². The number of hydrogen-bond acceptors (Lipinski definition) is 6. The Kier molecular flexibility index (Phi) is 3.19. The number of hydrogen-bond donors (Lipinski definition) is 3. The molecule has 1 aromatic heterocycles. The molecule has 0 amide bonds. The summed E-state index contributed by atoms with van der Waals surface area (Å²) in [6.07, 6.45) is 0.474. The first kappa shape index (κ1) is 13.0. The number of anilines is 1. The van der Waals surface area contributed by atoms with E-state index < -0.39 is 0 Å². The van der Waals surface area contributed by atoms with Crippen LogP contribution in [-0.4, -0.2) is 20.4 Å². The molecule has 0 saturated heterocycles. The molecular formula is C15H13N3O3. The normalized spacial score (nSPS) is 10.7. The van der Waals surface area contributed by atoms with Gasteiger partial charge in [0.1, 0.15) is 0 Å². The summed E-state index contributed by atoms with van der Waals surface area (Å²) in [5, 5.41) is 22.6. The molecule has 21 heavy (non-hydrogen) atoms. The molecule has 3 rings (SSSR count). The van der Waals surface area contributed by atoms with Gasteiger partial charge in [0, 0.05) is 11.3 Å². The quantitative estimate of drug-likeness (QED) is 0.503. The van der Waals surface area contributed by atoms with Gasteiger partial charge in [-0.05, 0) is 35.9 Å². The number of rotatable bonds is 3. The van der Waals surface area contributed by atoms with Gasteiger partial charge in [0.25, 0.3) is 0 Å². The van der Waals surface area contributed by atoms with Crippen molar-refractivity contribution in [3.8, 4) is 22.9 Å². The number of phenols is 2. The summed E-state index contributed by atoms with van der Waals surface area (Å²) in [6, 6.07) is 11.8. The number of nitrogen functional groups attached to an aromatic ring is 1. The fourth-order valence-corrected chi connectivity index (χ4v) is 1.98. The summed E-state index contributed by atoms with van der Waals surface area (Å²) >= 11 is 0. The Morgan fingerprint density at radius 1 is 1.05 bits per heavy atom. The maximum atomic E-state index is 9.48. The first-order valence-corrected chi connectivity index (χ1v) is 6.31. The van der Waals surface area contributed by atoms with Crippen molar-refractivity contribution in [2.45, 2.75) is 6.42 Å². The number of benzene rings is 2. The summed E-state index contributed by atoms with van der Waals surface area (Å²) < 4.78 is 5.19. The number of nitrogens with zero attached hydrogens (tertiary/aromatic N) is 2. The Morgan fingerprint density at radius 3 is 2.67 bits per heavy atom. The minimum Gasteiger partial charge on any atom is -0.504 e. The van der Waals surface area contributed by atoms with Crippen LogP contribution in [-0.2, 0) is 6.42 Å². The molecule has 106 valence electrons. The molecule has 3 aromatic rings. The lowest BCUT2D eigenvalue weighted by Gasteiger charge is -1.99. The second-order valence-electron chi connectivity index (χ2n) is 4.64. The first-order valence-electron chi connectivity index (χ1n) is 6.31. The highest BCUT2D eigenvalue weighted by molar-refractivity contribution is 5.60. The Hall–Kier alpha value is -3.02. The summed E-state index contributed by atoms with van der Waals surface area (Å²) in [6.45, 7) is 0. The maximum absolute atomic E-state index is 9.48. The molecule has 6 nitrogen and oxygen atoms in total. The van der Waals surface area contributed by atoms with Crippen LogP contribution in [0.25, 0.3) is 11.4 Å². The Balaban J connectivity index is 1.84. The van der Waals surface area contributed by atoms with Crippen LogP contribution in [0, 0.1) is 0 Å². The summed E-state index contributed by atoms with van der Waals surface area (Å²) in [5.74, 6) is 0.379.